The van der Waals surface area contributed by atoms with Crippen LogP contribution in [0, 0.1) is 5.82 Å². The monoisotopic (exact) mass is 351 g/mol. The average molecular weight is 351 g/mol. The first-order chi connectivity index (χ1) is 12.5. The summed E-state index contributed by atoms with van der Waals surface area (Å²) in [5.41, 5.74) is 7.55. The van der Waals surface area contributed by atoms with Crippen LogP contribution in [0.15, 0.2) is 41.2 Å². The number of nitrogens with zero attached hydrogens (tertiary/aromatic N) is 1. The van der Waals surface area contributed by atoms with E-state index >= 15 is 0 Å². The van der Waals surface area contributed by atoms with Crippen LogP contribution in [-0.2, 0) is 0 Å². The number of hydrogen-bond donors (Lipinski definition) is 4. The van der Waals surface area contributed by atoms with Crippen molar-refractivity contribution in [2.45, 2.75) is 0 Å². The molecular weight excluding hydrogens is 337 g/mol. The van der Waals surface area contributed by atoms with Crippen LogP contribution >= 0.6 is 0 Å². The predicted octanol–water partition coefficient (Wildman–Crippen LogP) is 2.15. The number of anilines is 1. The van der Waals surface area contributed by atoms with Crippen LogP contribution in [0.5, 0.6) is 0 Å². The van der Waals surface area contributed by atoms with E-state index in [0.29, 0.717) is 22.1 Å². The van der Waals surface area contributed by atoms with Gasteiger partial charge in [0, 0.05) is 12.6 Å². The molecule has 0 spiro atoms. The molecule has 0 saturated heterocycles. The van der Waals surface area contributed by atoms with Crippen molar-refractivity contribution in [3.8, 4) is 11.4 Å². The zero-order valence-corrected chi connectivity index (χ0v) is 13.7. The average Bonchev–Trinajstić information content (AvgIpc) is 3.03. The first kappa shape index (κ1) is 15.8. The molecule has 2 heterocycles. The largest absolute Gasteiger partial charge is 0.397 e. The summed E-state index contributed by atoms with van der Waals surface area (Å²) >= 11 is 0. The molecule has 4 aromatic rings. The zero-order valence-electron chi connectivity index (χ0n) is 13.7. The molecule has 1 amide bonds. The maximum atomic E-state index is 14.2. The van der Waals surface area contributed by atoms with E-state index < -0.39 is 11.4 Å². The van der Waals surface area contributed by atoms with E-state index in [-0.39, 0.29) is 28.4 Å². The summed E-state index contributed by atoms with van der Waals surface area (Å²) in [6, 6.07) is 9.25. The second-order valence-corrected chi connectivity index (χ2v) is 5.80. The van der Waals surface area contributed by atoms with Crippen LogP contribution in [0.1, 0.15) is 10.4 Å². The van der Waals surface area contributed by atoms with Crippen molar-refractivity contribution >= 4 is 33.5 Å². The first-order valence-corrected chi connectivity index (χ1v) is 7.82. The molecule has 7 nitrogen and oxygen atoms in total. The van der Waals surface area contributed by atoms with Crippen LogP contribution in [0.25, 0.3) is 33.3 Å². The molecule has 0 unspecified atom stereocenters. The van der Waals surface area contributed by atoms with Crippen molar-refractivity contribution in [2.75, 3.05) is 12.8 Å². The Labute approximate surface area is 146 Å². The van der Waals surface area contributed by atoms with Gasteiger partial charge >= 0.3 is 0 Å². The van der Waals surface area contributed by atoms with E-state index in [1.807, 2.05) is 0 Å². The molecule has 26 heavy (non-hydrogen) atoms. The van der Waals surface area contributed by atoms with Crippen LogP contribution < -0.4 is 16.6 Å². The van der Waals surface area contributed by atoms with Gasteiger partial charge in [-0.3, -0.25) is 9.59 Å². The lowest BCUT2D eigenvalue weighted by Crippen LogP contribution is -2.17. The number of pyridine rings is 1. The molecule has 130 valence electrons. The van der Waals surface area contributed by atoms with Crippen molar-refractivity contribution in [1.29, 1.82) is 0 Å². The third kappa shape index (κ3) is 2.31. The van der Waals surface area contributed by atoms with E-state index in [4.69, 9.17) is 5.73 Å². The van der Waals surface area contributed by atoms with Gasteiger partial charge in [0.15, 0.2) is 0 Å². The van der Waals surface area contributed by atoms with Gasteiger partial charge in [0.1, 0.15) is 17.2 Å². The van der Waals surface area contributed by atoms with Crippen LogP contribution in [-0.4, -0.2) is 27.9 Å². The van der Waals surface area contributed by atoms with E-state index in [9.17, 15) is 14.0 Å². The SMILES string of the molecule is CNC(=O)c1ccc2nc(-c3c(N)c4c(F)cccc4[nH]c3=O)[nH]c2c1. The third-order valence-corrected chi connectivity index (χ3v) is 4.24. The minimum absolute atomic E-state index is 0.00688. The highest BCUT2D eigenvalue weighted by Crippen LogP contribution is 2.29. The predicted molar refractivity (Wildman–Crippen MR) is 97.4 cm³/mol. The minimum atomic E-state index is -0.532. The number of carbonyl (C=O) groups excluding carboxylic acids is 1. The number of fused-ring (bicyclic) bond motifs is 2. The van der Waals surface area contributed by atoms with Gasteiger partial charge in [-0.1, -0.05) is 6.07 Å². The van der Waals surface area contributed by atoms with Gasteiger partial charge in [0.25, 0.3) is 11.5 Å². The summed E-state index contributed by atoms with van der Waals surface area (Å²) in [5, 5.41) is 2.67. The highest BCUT2D eigenvalue weighted by molar-refractivity contribution is 5.99. The Morgan fingerprint density at radius 2 is 2.00 bits per heavy atom. The van der Waals surface area contributed by atoms with Gasteiger partial charge in [-0.2, -0.15) is 0 Å². The lowest BCUT2D eigenvalue weighted by atomic mass is 10.1. The molecule has 0 aliphatic carbocycles. The number of nitrogen functional groups attached to an aromatic ring is 1. The fourth-order valence-corrected chi connectivity index (χ4v) is 2.98. The van der Waals surface area contributed by atoms with E-state index in [0.717, 1.165) is 0 Å². The molecule has 0 aliphatic heterocycles. The Hall–Kier alpha value is -3.68. The topological polar surface area (TPSA) is 117 Å². The standard InChI is InChI=1S/C18H14FN5O2/c1-21-17(25)8-5-6-10-12(7-8)23-16(22-10)14-15(20)13-9(19)3-2-4-11(13)24-18(14)26/h2-7H,1H3,(H,21,25)(H,22,23)(H3,20,24,26). The van der Waals surface area contributed by atoms with Gasteiger partial charge < -0.3 is 21.0 Å². The number of aromatic nitrogens is 3. The Morgan fingerprint density at radius 1 is 1.19 bits per heavy atom. The third-order valence-electron chi connectivity index (χ3n) is 4.24. The lowest BCUT2D eigenvalue weighted by molar-refractivity contribution is 0.0963. The summed E-state index contributed by atoms with van der Waals surface area (Å²) in [6.07, 6.45) is 0. The molecule has 5 N–H and O–H groups in total. The van der Waals surface area contributed by atoms with E-state index in [1.54, 1.807) is 24.3 Å². The van der Waals surface area contributed by atoms with Crippen LogP contribution in [0.2, 0.25) is 0 Å². The van der Waals surface area contributed by atoms with Crippen molar-refractivity contribution in [3.05, 3.63) is 58.1 Å². The number of nitrogens with one attached hydrogen (secondary N) is 3. The van der Waals surface area contributed by atoms with E-state index in [2.05, 4.69) is 20.3 Å². The number of imidazole rings is 1. The molecule has 0 saturated carbocycles. The molecule has 8 heteroatoms. The molecule has 0 fully saturated rings. The summed E-state index contributed by atoms with van der Waals surface area (Å²) in [6.45, 7) is 0. The van der Waals surface area contributed by atoms with Crippen molar-refractivity contribution in [1.82, 2.24) is 20.3 Å². The number of halogens is 1. The van der Waals surface area contributed by atoms with Crippen LogP contribution in [0.3, 0.4) is 0 Å². The van der Waals surface area contributed by atoms with Gasteiger partial charge in [-0.05, 0) is 30.3 Å². The summed E-state index contributed by atoms with van der Waals surface area (Å²) < 4.78 is 14.2. The Balaban J connectivity index is 1.97. The number of rotatable bonds is 2. The van der Waals surface area contributed by atoms with Crippen molar-refractivity contribution < 1.29 is 9.18 Å². The number of carbonyl (C=O) groups is 1. The summed E-state index contributed by atoms with van der Waals surface area (Å²) in [4.78, 5) is 34.2. The van der Waals surface area contributed by atoms with E-state index in [1.165, 1.54) is 19.2 Å². The second kappa shape index (κ2) is 5.69. The minimum Gasteiger partial charge on any atom is -0.397 e. The molecule has 2 aromatic heterocycles. The normalized spacial score (nSPS) is 11.2. The smallest absolute Gasteiger partial charge is 0.261 e. The molecule has 0 atom stereocenters. The quantitative estimate of drug-likeness (QED) is 0.443. The van der Waals surface area contributed by atoms with Gasteiger partial charge in [0.05, 0.1) is 27.6 Å². The highest BCUT2D eigenvalue weighted by atomic mass is 19.1. The number of amides is 1. The Morgan fingerprint density at radius 3 is 2.77 bits per heavy atom. The Bertz CT molecular complexity index is 1240. The Kier molecular flexibility index (Phi) is 3.47. The van der Waals surface area contributed by atoms with Gasteiger partial charge in [-0.15, -0.1) is 0 Å². The first-order valence-electron chi connectivity index (χ1n) is 7.82. The number of aromatic amines is 2. The molecule has 0 bridgehead atoms. The van der Waals surface area contributed by atoms with Gasteiger partial charge in [0.2, 0.25) is 0 Å². The number of benzene rings is 2. The molecular formula is C18H14FN5O2. The van der Waals surface area contributed by atoms with Crippen LogP contribution in [0.4, 0.5) is 10.1 Å². The van der Waals surface area contributed by atoms with Crippen molar-refractivity contribution in [3.63, 3.8) is 0 Å². The maximum Gasteiger partial charge on any atom is 0.261 e. The fraction of sp³-hybridized carbons (Fsp3) is 0.0556. The molecule has 0 radical (unpaired) electrons. The zero-order chi connectivity index (χ0) is 18.4. The molecule has 4 rings (SSSR count). The summed E-state index contributed by atoms with van der Waals surface area (Å²) in [7, 11) is 1.54. The molecule has 2 aromatic carbocycles. The van der Waals surface area contributed by atoms with Crippen molar-refractivity contribution in [2.24, 2.45) is 0 Å². The number of hydrogen-bond acceptors (Lipinski definition) is 4. The second-order valence-electron chi connectivity index (χ2n) is 5.80. The highest BCUT2D eigenvalue weighted by Gasteiger charge is 2.18. The molecule has 0 aliphatic rings. The number of H-pyrrole nitrogens is 2. The fourth-order valence-electron chi connectivity index (χ4n) is 2.98. The lowest BCUT2D eigenvalue weighted by Gasteiger charge is -2.07. The maximum absolute atomic E-state index is 14.2. The summed E-state index contributed by atoms with van der Waals surface area (Å²) in [5.74, 6) is -0.568. The van der Waals surface area contributed by atoms with Gasteiger partial charge in [-0.25, -0.2) is 9.37 Å². The number of nitrogens with two attached hydrogens (primary N) is 1.